The summed E-state index contributed by atoms with van der Waals surface area (Å²) < 4.78 is 6.72. The number of imidazole rings is 1. The van der Waals surface area contributed by atoms with Crippen LogP contribution in [-0.4, -0.2) is 32.1 Å². The summed E-state index contributed by atoms with van der Waals surface area (Å²) in [5.74, 6) is -0.265. The number of carbonyl (C=O) groups excluding carboxylic acids is 1. The highest BCUT2D eigenvalue weighted by atomic mass is 35.5. The molecule has 102 valence electrons. The first-order valence-corrected chi connectivity index (χ1v) is 6.51. The van der Waals surface area contributed by atoms with Crippen LogP contribution in [0.25, 0.3) is 11.2 Å². The van der Waals surface area contributed by atoms with E-state index in [1.165, 1.54) is 6.92 Å². The Morgan fingerprint density at radius 1 is 1.37 bits per heavy atom. The number of unbranched alkanes of at least 4 members (excludes halogenated alkanes) is 1. The molecule has 19 heavy (non-hydrogen) atoms. The molecule has 0 saturated carbocycles. The second kappa shape index (κ2) is 6.16. The van der Waals surface area contributed by atoms with Crippen LogP contribution in [0.3, 0.4) is 0 Å². The predicted molar refractivity (Wildman–Crippen MR) is 71.2 cm³/mol. The molecule has 0 radical (unpaired) electrons. The summed E-state index contributed by atoms with van der Waals surface area (Å²) in [5.41, 5.74) is 1.14. The molecule has 2 aromatic heterocycles. The highest BCUT2D eigenvalue weighted by molar-refractivity contribution is 6.35. The maximum absolute atomic E-state index is 10.6. The SMILES string of the molecule is CC(=O)OCCCCn1cnc2nc(Cl)nc(Cl)c21. The van der Waals surface area contributed by atoms with E-state index in [1.807, 2.05) is 4.57 Å². The van der Waals surface area contributed by atoms with Crippen LogP contribution in [0.15, 0.2) is 6.33 Å². The molecular weight excluding hydrogens is 291 g/mol. The van der Waals surface area contributed by atoms with Gasteiger partial charge in [-0.3, -0.25) is 4.79 Å². The maximum Gasteiger partial charge on any atom is 0.302 e. The normalized spacial score (nSPS) is 10.9. The number of hydrogen-bond acceptors (Lipinski definition) is 5. The zero-order valence-electron chi connectivity index (χ0n) is 10.3. The number of fused-ring (bicyclic) bond motifs is 1. The van der Waals surface area contributed by atoms with Gasteiger partial charge in [0.1, 0.15) is 5.52 Å². The van der Waals surface area contributed by atoms with Crippen LogP contribution in [0.1, 0.15) is 19.8 Å². The van der Waals surface area contributed by atoms with Crippen molar-refractivity contribution in [3.8, 4) is 0 Å². The molecular formula is C11H12Cl2N4O2. The minimum atomic E-state index is -0.265. The summed E-state index contributed by atoms with van der Waals surface area (Å²) >= 11 is 11.7. The number of carbonyl (C=O) groups is 1. The summed E-state index contributed by atoms with van der Waals surface area (Å²) in [5, 5.41) is 0.366. The van der Waals surface area contributed by atoms with Gasteiger partial charge < -0.3 is 9.30 Å². The minimum absolute atomic E-state index is 0.0811. The number of hydrogen-bond donors (Lipinski definition) is 0. The van der Waals surface area contributed by atoms with Gasteiger partial charge in [0.25, 0.3) is 0 Å². The fourth-order valence-electron chi connectivity index (χ4n) is 1.68. The standard InChI is InChI=1S/C11H12Cl2N4O2/c1-7(18)19-5-3-2-4-17-6-14-10-8(17)9(12)15-11(13)16-10/h6H,2-5H2,1H3. The molecule has 0 atom stereocenters. The van der Waals surface area contributed by atoms with Crippen molar-refractivity contribution in [2.75, 3.05) is 6.61 Å². The Hall–Kier alpha value is -1.40. The quantitative estimate of drug-likeness (QED) is 0.367. The van der Waals surface area contributed by atoms with E-state index in [0.717, 1.165) is 12.8 Å². The lowest BCUT2D eigenvalue weighted by atomic mass is 10.3. The molecule has 0 bridgehead atoms. The fraction of sp³-hybridized carbons (Fsp3) is 0.455. The van der Waals surface area contributed by atoms with Crippen molar-refractivity contribution >= 4 is 40.3 Å². The molecule has 8 heteroatoms. The topological polar surface area (TPSA) is 69.9 Å². The molecule has 0 N–H and O–H groups in total. The molecule has 0 spiro atoms. The van der Waals surface area contributed by atoms with E-state index in [1.54, 1.807) is 6.33 Å². The number of ether oxygens (including phenoxy) is 1. The number of rotatable bonds is 5. The highest BCUT2D eigenvalue weighted by Gasteiger charge is 2.10. The lowest BCUT2D eigenvalue weighted by Crippen LogP contribution is -2.03. The van der Waals surface area contributed by atoms with Crippen LogP contribution in [0.2, 0.25) is 10.4 Å². The number of nitrogens with zero attached hydrogens (tertiary/aromatic N) is 4. The van der Waals surface area contributed by atoms with E-state index in [2.05, 4.69) is 15.0 Å². The minimum Gasteiger partial charge on any atom is -0.466 e. The van der Waals surface area contributed by atoms with Crippen molar-refractivity contribution in [1.82, 2.24) is 19.5 Å². The van der Waals surface area contributed by atoms with Gasteiger partial charge in [0.2, 0.25) is 5.28 Å². The summed E-state index contributed by atoms with van der Waals surface area (Å²) in [7, 11) is 0. The molecule has 2 heterocycles. The van der Waals surface area contributed by atoms with Gasteiger partial charge in [-0.1, -0.05) is 11.6 Å². The molecule has 0 aliphatic rings. The van der Waals surface area contributed by atoms with E-state index < -0.39 is 0 Å². The van der Waals surface area contributed by atoms with Crippen molar-refractivity contribution in [3.05, 3.63) is 16.8 Å². The fourth-order valence-corrected chi connectivity index (χ4v) is 2.16. The summed E-state index contributed by atoms with van der Waals surface area (Å²) in [6.45, 7) is 2.50. The van der Waals surface area contributed by atoms with Gasteiger partial charge in [-0.2, -0.15) is 4.98 Å². The van der Waals surface area contributed by atoms with Gasteiger partial charge in [-0.15, -0.1) is 0 Å². The third-order valence-corrected chi connectivity index (χ3v) is 2.93. The zero-order valence-corrected chi connectivity index (χ0v) is 11.8. The molecule has 0 fully saturated rings. The Morgan fingerprint density at radius 2 is 2.16 bits per heavy atom. The average molecular weight is 303 g/mol. The van der Waals surface area contributed by atoms with E-state index in [0.29, 0.717) is 24.3 Å². The molecule has 0 aliphatic carbocycles. The largest absolute Gasteiger partial charge is 0.466 e. The average Bonchev–Trinajstić information content (AvgIpc) is 2.71. The highest BCUT2D eigenvalue weighted by Crippen LogP contribution is 2.21. The van der Waals surface area contributed by atoms with E-state index in [-0.39, 0.29) is 16.4 Å². The van der Waals surface area contributed by atoms with Crippen LogP contribution in [0.4, 0.5) is 0 Å². The van der Waals surface area contributed by atoms with Crippen LogP contribution in [0, 0.1) is 0 Å². The van der Waals surface area contributed by atoms with Crippen LogP contribution in [0.5, 0.6) is 0 Å². The first kappa shape index (κ1) is 14.0. The molecule has 0 saturated heterocycles. The first-order chi connectivity index (χ1) is 9.08. The summed E-state index contributed by atoms with van der Waals surface area (Å²) in [6, 6.07) is 0. The molecule has 0 amide bonds. The van der Waals surface area contributed by atoms with Gasteiger partial charge in [0.05, 0.1) is 12.9 Å². The van der Waals surface area contributed by atoms with Crippen LogP contribution in [-0.2, 0) is 16.1 Å². The van der Waals surface area contributed by atoms with Crippen LogP contribution >= 0.6 is 23.2 Å². The lowest BCUT2D eigenvalue weighted by Gasteiger charge is -2.05. The van der Waals surface area contributed by atoms with Crippen molar-refractivity contribution in [1.29, 1.82) is 0 Å². The molecule has 0 aromatic carbocycles. The first-order valence-electron chi connectivity index (χ1n) is 5.75. The Balaban J connectivity index is 1.99. The predicted octanol–water partition coefficient (Wildman–Crippen LogP) is 2.48. The Labute approximate surface area is 119 Å². The zero-order chi connectivity index (χ0) is 13.8. The lowest BCUT2D eigenvalue weighted by molar-refractivity contribution is -0.141. The maximum atomic E-state index is 10.6. The Kier molecular flexibility index (Phi) is 4.55. The third-order valence-electron chi connectivity index (χ3n) is 2.50. The van der Waals surface area contributed by atoms with Gasteiger partial charge in [-0.25, -0.2) is 9.97 Å². The van der Waals surface area contributed by atoms with Gasteiger partial charge in [0, 0.05) is 13.5 Å². The number of aromatic nitrogens is 4. The second-order valence-corrected chi connectivity index (χ2v) is 4.64. The van der Waals surface area contributed by atoms with Gasteiger partial charge >= 0.3 is 5.97 Å². The number of esters is 1. The number of halogens is 2. The number of aryl methyl sites for hydroxylation is 1. The van der Waals surface area contributed by atoms with Crippen molar-refractivity contribution < 1.29 is 9.53 Å². The smallest absolute Gasteiger partial charge is 0.302 e. The monoisotopic (exact) mass is 302 g/mol. The van der Waals surface area contributed by atoms with Gasteiger partial charge in [0.15, 0.2) is 10.8 Å². The molecule has 2 rings (SSSR count). The molecule has 0 unspecified atom stereocenters. The third kappa shape index (κ3) is 3.54. The second-order valence-electron chi connectivity index (χ2n) is 3.94. The van der Waals surface area contributed by atoms with Crippen molar-refractivity contribution in [2.45, 2.75) is 26.3 Å². The van der Waals surface area contributed by atoms with Crippen LogP contribution < -0.4 is 0 Å². The molecule has 6 nitrogen and oxygen atoms in total. The summed E-state index contributed by atoms with van der Waals surface area (Å²) in [6.07, 6.45) is 3.25. The van der Waals surface area contributed by atoms with E-state index >= 15 is 0 Å². The Morgan fingerprint density at radius 3 is 2.89 bits per heavy atom. The summed E-state index contributed by atoms with van der Waals surface area (Å²) in [4.78, 5) is 22.6. The van der Waals surface area contributed by atoms with Gasteiger partial charge in [-0.05, 0) is 24.4 Å². The Bertz CT molecular complexity index is 600. The van der Waals surface area contributed by atoms with E-state index in [4.69, 9.17) is 27.9 Å². The molecule has 0 aliphatic heterocycles. The van der Waals surface area contributed by atoms with E-state index in [9.17, 15) is 4.79 Å². The van der Waals surface area contributed by atoms with Crippen molar-refractivity contribution in [2.24, 2.45) is 0 Å². The van der Waals surface area contributed by atoms with Crippen molar-refractivity contribution in [3.63, 3.8) is 0 Å². The molecule has 2 aromatic rings.